The van der Waals surface area contributed by atoms with E-state index in [1.165, 1.54) is 18.2 Å². The second kappa shape index (κ2) is 10.2. The fraction of sp³-hybridized carbons (Fsp3) is 0.304. The molecule has 2 heterocycles. The Balaban J connectivity index is 1.48. The van der Waals surface area contributed by atoms with Crippen LogP contribution in [0.4, 0.5) is 18.9 Å². The third-order valence-corrected chi connectivity index (χ3v) is 6.54. The number of halogens is 4. The molecule has 4 rings (SSSR count). The van der Waals surface area contributed by atoms with Crippen LogP contribution in [0.15, 0.2) is 54.7 Å². The van der Waals surface area contributed by atoms with Crippen LogP contribution in [0.2, 0.25) is 5.02 Å². The van der Waals surface area contributed by atoms with Crippen molar-refractivity contribution >= 4 is 35.0 Å². The van der Waals surface area contributed by atoms with Crippen molar-refractivity contribution in [3.63, 3.8) is 0 Å². The molecule has 5 nitrogen and oxygen atoms in total. The van der Waals surface area contributed by atoms with Crippen LogP contribution in [0.1, 0.15) is 21.6 Å². The van der Waals surface area contributed by atoms with Crippen LogP contribution >= 0.6 is 23.4 Å². The van der Waals surface area contributed by atoms with E-state index in [9.17, 15) is 18.0 Å². The lowest BCUT2D eigenvalue weighted by Gasteiger charge is -2.26. The molecule has 0 atom stereocenters. The van der Waals surface area contributed by atoms with Crippen molar-refractivity contribution in [1.82, 2.24) is 14.7 Å². The summed E-state index contributed by atoms with van der Waals surface area (Å²) in [5, 5.41) is 6.62. The van der Waals surface area contributed by atoms with E-state index in [0.717, 1.165) is 49.3 Å². The molecule has 3 aromatic rings. The number of hydrogen-bond acceptors (Lipinski definition) is 4. The first-order chi connectivity index (χ1) is 15.8. The standard InChI is InChI=1S/C23H22ClF3N4OS/c24-17-2-1-3-19(14-17)31-21(23(25,26)27)20(15-28-31)22(32)29-18-6-4-16(5-7-18)8-9-30-10-12-33-13-11-30/h1-7,14-15H,8-13H2,(H,29,32). The molecule has 1 saturated heterocycles. The highest BCUT2D eigenvalue weighted by Gasteiger charge is 2.40. The van der Waals surface area contributed by atoms with Gasteiger partial charge in [0.05, 0.1) is 17.4 Å². The first-order valence-electron chi connectivity index (χ1n) is 10.4. The fourth-order valence-electron chi connectivity index (χ4n) is 3.66. The normalized spacial score (nSPS) is 14.9. The first kappa shape index (κ1) is 23.7. The van der Waals surface area contributed by atoms with Gasteiger partial charge in [0.1, 0.15) is 0 Å². The van der Waals surface area contributed by atoms with Crippen LogP contribution in [0, 0.1) is 0 Å². The molecule has 0 aliphatic carbocycles. The Hall–Kier alpha value is -2.49. The maximum Gasteiger partial charge on any atom is 0.434 e. The summed E-state index contributed by atoms with van der Waals surface area (Å²) in [6.07, 6.45) is -2.99. The van der Waals surface area contributed by atoms with Crippen molar-refractivity contribution in [2.45, 2.75) is 12.6 Å². The number of thioether (sulfide) groups is 1. The third kappa shape index (κ3) is 5.90. The molecule has 10 heteroatoms. The Morgan fingerprint density at radius 3 is 2.52 bits per heavy atom. The molecule has 0 radical (unpaired) electrons. The highest BCUT2D eigenvalue weighted by molar-refractivity contribution is 7.99. The van der Waals surface area contributed by atoms with Crippen molar-refractivity contribution in [2.24, 2.45) is 0 Å². The predicted molar refractivity (Wildman–Crippen MR) is 125 cm³/mol. The van der Waals surface area contributed by atoms with Crippen molar-refractivity contribution in [2.75, 3.05) is 36.5 Å². The summed E-state index contributed by atoms with van der Waals surface area (Å²) in [4.78, 5) is 15.1. The maximum atomic E-state index is 13.8. The van der Waals surface area contributed by atoms with Gasteiger partial charge in [-0.25, -0.2) is 4.68 Å². The average Bonchev–Trinajstić information content (AvgIpc) is 3.26. The number of anilines is 1. The molecule has 0 saturated carbocycles. The predicted octanol–water partition coefficient (Wildman–Crippen LogP) is 5.39. The summed E-state index contributed by atoms with van der Waals surface area (Å²) < 4.78 is 42.2. The smallest absolute Gasteiger partial charge is 0.322 e. The Morgan fingerprint density at radius 2 is 1.85 bits per heavy atom. The largest absolute Gasteiger partial charge is 0.434 e. The fourth-order valence-corrected chi connectivity index (χ4v) is 4.82. The molecule has 0 unspecified atom stereocenters. The van der Waals surface area contributed by atoms with Crippen LogP contribution in [0.5, 0.6) is 0 Å². The zero-order valence-electron chi connectivity index (χ0n) is 17.6. The number of aromatic nitrogens is 2. The van der Waals surface area contributed by atoms with E-state index >= 15 is 0 Å². The summed E-state index contributed by atoms with van der Waals surface area (Å²) in [5.41, 5.74) is -0.0728. The zero-order chi connectivity index (χ0) is 23.4. The Kier molecular flexibility index (Phi) is 7.31. The Labute approximate surface area is 198 Å². The van der Waals surface area contributed by atoms with Crippen LogP contribution in [0.25, 0.3) is 5.69 Å². The van der Waals surface area contributed by atoms with Crippen molar-refractivity contribution in [1.29, 1.82) is 0 Å². The highest BCUT2D eigenvalue weighted by Crippen LogP contribution is 2.34. The lowest BCUT2D eigenvalue weighted by Crippen LogP contribution is -2.34. The minimum absolute atomic E-state index is 0.116. The molecule has 2 aromatic carbocycles. The molecule has 1 aliphatic heterocycles. The third-order valence-electron chi connectivity index (χ3n) is 5.37. The zero-order valence-corrected chi connectivity index (χ0v) is 19.2. The second-order valence-electron chi connectivity index (χ2n) is 7.65. The van der Waals surface area contributed by atoms with Gasteiger partial charge in [-0.05, 0) is 42.3 Å². The second-order valence-corrected chi connectivity index (χ2v) is 9.31. The van der Waals surface area contributed by atoms with Crippen molar-refractivity contribution < 1.29 is 18.0 Å². The van der Waals surface area contributed by atoms with Gasteiger partial charge in [-0.3, -0.25) is 4.79 Å². The summed E-state index contributed by atoms with van der Waals surface area (Å²) in [5.74, 6) is 1.42. The minimum atomic E-state index is -4.79. The number of hydrogen-bond donors (Lipinski definition) is 1. The number of carbonyl (C=O) groups excluding carboxylic acids is 1. The van der Waals surface area contributed by atoms with Gasteiger partial charge in [0.2, 0.25) is 0 Å². The number of carbonyl (C=O) groups is 1. The lowest BCUT2D eigenvalue weighted by atomic mass is 10.1. The number of alkyl halides is 3. The molecule has 0 spiro atoms. The number of amides is 1. The molecule has 0 bridgehead atoms. The molecular weight excluding hydrogens is 473 g/mol. The van der Waals surface area contributed by atoms with Crippen LogP contribution in [-0.2, 0) is 12.6 Å². The lowest BCUT2D eigenvalue weighted by molar-refractivity contribution is -0.143. The van der Waals surface area contributed by atoms with E-state index in [0.29, 0.717) is 10.4 Å². The highest BCUT2D eigenvalue weighted by atomic mass is 35.5. The van der Waals surface area contributed by atoms with E-state index < -0.39 is 23.3 Å². The number of nitrogens with zero attached hydrogens (tertiary/aromatic N) is 3. The molecule has 1 fully saturated rings. The SMILES string of the molecule is O=C(Nc1ccc(CCN2CCSCC2)cc1)c1cnn(-c2cccc(Cl)c2)c1C(F)(F)F. The maximum absolute atomic E-state index is 13.8. The molecule has 1 amide bonds. The summed E-state index contributed by atoms with van der Waals surface area (Å²) in [6.45, 7) is 3.14. The van der Waals surface area contributed by atoms with E-state index in [4.69, 9.17) is 11.6 Å². The van der Waals surface area contributed by atoms with Gasteiger partial charge in [0, 0.05) is 41.8 Å². The summed E-state index contributed by atoms with van der Waals surface area (Å²) in [6, 6.07) is 13.0. The van der Waals surface area contributed by atoms with Gasteiger partial charge in [-0.2, -0.15) is 30.0 Å². The van der Waals surface area contributed by atoms with E-state index in [-0.39, 0.29) is 10.7 Å². The quantitative estimate of drug-likeness (QED) is 0.499. The number of nitrogens with one attached hydrogen (secondary N) is 1. The van der Waals surface area contributed by atoms with Gasteiger partial charge in [0.15, 0.2) is 5.69 Å². The summed E-state index contributed by atoms with van der Waals surface area (Å²) >= 11 is 7.88. The molecule has 174 valence electrons. The minimum Gasteiger partial charge on any atom is -0.322 e. The van der Waals surface area contributed by atoms with Gasteiger partial charge >= 0.3 is 6.18 Å². The van der Waals surface area contributed by atoms with Crippen molar-refractivity contribution in [3.8, 4) is 5.69 Å². The van der Waals surface area contributed by atoms with Crippen LogP contribution in [-0.4, -0.2) is 51.7 Å². The van der Waals surface area contributed by atoms with Gasteiger partial charge in [-0.1, -0.05) is 29.8 Å². The topological polar surface area (TPSA) is 50.2 Å². The van der Waals surface area contributed by atoms with Crippen molar-refractivity contribution in [3.05, 3.63) is 76.6 Å². The van der Waals surface area contributed by atoms with E-state index in [1.54, 1.807) is 18.2 Å². The summed E-state index contributed by atoms with van der Waals surface area (Å²) in [7, 11) is 0. The van der Waals surface area contributed by atoms with Gasteiger partial charge in [-0.15, -0.1) is 0 Å². The molecule has 33 heavy (non-hydrogen) atoms. The monoisotopic (exact) mass is 494 g/mol. The van der Waals surface area contributed by atoms with E-state index in [1.807, 2.05) is 23.9 Å². The number of benzene rings is 2. The van der Waals surface area contributed by atoms with Crippen LogP contribution < -0.4 is 5.32 Å². The van der Waals surface area contributed by atoms with Gasteiger partial charge in [0.25, 0.3) is 5.91 Å². The average molecular weight is 495 g/mol. The Bertz CT molecular complexity index is 1110. The van der Waals surface area contributed by atoms with Crippen LogP contribution in [0.3, 0.4) is 0 Å². The molecule has 1 aromatic heterocycles. The Morgan fingerprint density at radius 1 is 1.12 bits per heavy atom. The number of rotatable bonds is 6. The molecular formula is C23H22ClF3N4OS. The molecule has 1 N–H and O–H groups in total. The molecule has 1 aliphatic rings. The van der Waals surface area contributed by atoms with E-state index in [2.05, 4.69) is 15.3 Å². The first-order valence-corrected chi connectivity index (χ1v) is 12.0. The van der Waals surface area contributed by atoms with Gasteiger partial charge < -0.3 is 10.2 Å².